The van der Waals surface area contributed by atoms with Gasteiger partial charge >= 0.3 is 0 Å². The number of carbonyl (C=O) groups is 1. The SMILES string of the molecule is Cc1ccc(F)c2c(C=O)c(C(C)(C)C)[nH]c12. The van der Waals surface area contributed by atoms with Crippen molar-refractivity contribution in [2.24, 2.45) is 0 Å². The fourth-order valence-corrected chi connectivity index (χ4v) is 2.13. The number of rotatable bonds is 1. The predicted molar refractivity (Wildman–Crippen MR) is 67.1 cm³/mol. The number of halogens is 1. The molecule has 0 aliphatic carbocycles. The number of carbonyl (C=O) groups excluding carboxylic acids is 1. The van der Waals surface area contributed by atoms with Crippen LogP contribution in [0.4, 0.5) is 4.39 Å². The smallest absolute Gasteiger partial charge is 0.152 e. The Labute approximate surface area is 99.8 Å². The molecule has 0 saturated carbocycles. The van der Waals surface area contributed by atoms with Crippen LogP contribution in [0.15, 0.2) is 12.1 Å². The van der Waals surface area contributed by atoms with Gasteiger partial charge in [0.1, 0.15) is 5.82 Å². The van der Waals surface area contributed by atoms with Crippen LogP contribution in [-0.4, -0.2) is 11.3 Å². The van der Waals surface area contributed by atoms with Crippen molar-refractivity contribution in [1.82, 2.24) is 4.98 Å². The van der Waals surface area contributed by atoms with Gasteiger partial charge in [-0.2, -0.15) is 0 Å². The van der Waals surface area contributed by atoms with Crippen LogP contribution < -0.4 is 0 Å². The Morgan fingerprint density at radius 2 is 1.94 bits per heavy atom. The van der Waals surface area contributed by atoms with E-state index in [0.717, 1.165) is 23.1 Å². The van der Waals surface area contributed by atoms with Crippen molar-refractivity contribution >= 4 is 17.2 Å². The molecular weight excluding hydrogens is 217 g/mol. The minimum absolute atomic E-state index is 0.214. The van der Waals surface area contributed by atoms with Gasteiger partial charge in [-0.1, -0.05) is 26.8 Å². The van der Waals surface area contributed by atoms with E-state index in [9.17, 15) is 9.18 Å². The summed E-state index contributed by atoms with van der Waals surface area (Å²) in [5.41, 5.74) is 2.68. The zero-order valence-corrected chi connectivity index (χ0v) is 10.5. The molecule has 1 N–H and O–H groups in total. The first kappa shape index (κ1) is 11.8. The predicted octanol–water partition coefficient (Wildman–Crippen LogP) is 3.73. The lowest BCUT2D eigenvalue weighted by Crippen LogP contribution is -2.14. The zero-order chi connectivity index (χ0) is 12.8. The molecule has 0 fully saturated rings. The number of aryl methyl sites for hydroxylation is 1. The van der Waals surface area contributed by atoms with Gasteiger partial charge in [-0.25, -0.2) is 4.39 Å². The number of fused-ring (bicyclic) bond motifs is 1. The summed E-state index contributed by atoms with van der Waals surface area (Å²) in [6.07, 6.45) is 0.738. The van der Waals surface area contributed by atoms with Crippen LogP contribution in [0.1, 0.15) is 42.4 Å². The van der Waals surface area contributed by atoms with Gasteiger partial charge in [0, 0.05) is 22.1 Å². The van der Waals surface area contributed by atoms with Crippen LogP contribution in [-0.2, 0) is 5.41 Å². The molecule has 17 heavy (non-hydrogen) atoms. The molecule has 0 radical (unpaired) electrons. The van der Waals surface area contributed by atoms with Gasteiger partial charge in [0.05, 0.1) is 5.52 Å². The van der Waals surface area contributed by atoms with E-state index >= 15 is 0 Å². The number of hydrogen-bond acceptors (Lipinski definition) is 1. The summed E-state index contributed by atoms with van der Waals surface area (Å²) in [6, 6.07) is 3.13. The molecule has 0 aliphatic rings. The topological polar surface area (TPSA) is 32.9 Å². The Morgan fingerprint density at radius 1 is 1.29 bits per heavy atom. The lowest BCUT2D eigenvalue weighted by Gasteiger charge is -2.17. The van der Waals surface area contributed by atoms with Crippen molar-refractivity contribution in [3.8, 4) is 0 Å². The summed E-state index contributed by atoms with van der Waals surface area (Å²) in [4.78, 5) is 14.4. The summed E-state index contributed by atoms with van der Waals surface area (Å²) in [5.74, 6) is -0.348. The molecule has 2 nitrogen and oxygen atoms in total. The van der Waals surface area contributed by atoms with Gasteiger partial charge < -0.3 is 4.98 Å². The van der Waals surface area contributed by atoms with E-state index in [0.29, 0.717) is 10.9 Å². The van der Waals surface area contributed by atoms with Gasteiger partial charge in [0.25, 0.3) is 0 Å². The third-order valence-corrected chi connectivity index (χ3v) is 3.02. The standard InChI is InChI=1S/C14H16FNO/c1-8-5-6-10(15)11-9(7-17)13(14(2,3)4)16-12(8)11/h5-7,16H,1-4H3. The van der Waals surface area contributed by atoms with E-state index in [2.05, 4.69) is 4.98 Å². The highest BCUT2D eigenvalue weighted by atomic mass is 19.1. The van der Waals surface area contributed by atoms with Crippen LogP contribution in [0.3, 0.4) is 0 Å². The molecule has 1 aromatic heterocycles. The fraction of sp³-hybridized carbons (Fsp3) is 0.357. The van der Waals surface area contributed by atoms with Crippen molar-refractivity contribution < 1.29 is 9.18 Å². The second-order valence-corrected chi connectivity index (χ2v) is 5.40. The maximum Gasteiger partial charge on any atom is 0.152 e. The average Bonchev–Trinajstić information content (AvgIpc) is 2.63. The summed E-state index contributed by atoms with van der Waals surface area (Å²) in [6.45, 7) is 7.90. The lowest BCUT2D eigenvalue weighted by molar-refractivity contribution is 0.112. The molecule has 1 aromatic carbocycles. The summed E-state index contributed by atoms with van der Waals surface area (Å²) < 4.78 is 13.8. The molecule has 0 atom stereocenters. The second-order valence-electron chi connectivity index (χ2n) is 5.40. The first-order chi connectivity index (χ1) is 7.86. The van der Waals surface area contributed by atoms with Crippen LogP contribution in [0.2, 0.25) is 0 Å². The van der Waals surface area contributed by atoms with Gasteiger partial charge in [-0.3, -0.25) is 4.79 Å². The average molecular weight is 233 g/mol. The fourth-order valence-electron chi connectivity index (χ4n) is 2.13. The van der Waals surface area contributed by atoms with E-state index < -0.39 is 0 Å². The highest BCUT2D eigenvalue weighted by Crippen LogP contribution is 2.32. The maximum atomic E-state index is 13.8. The van der Waals surface area contributed by atoms with Gasteiger partial charge in [-0.05, 0) is 18.6 Å². The Bertz CT molecular complexity index is 590. The summed E-state index contributed by atoms with van der Waals surface area (Å²) >= 11 is 0. The van der Waals surface area contributed by atoms with E-state index in [1.165, 1.54) is 6.07 Å². The largest absolute Gasteiger partial charge is 0.357 e. The van der Waals surface area contributed by atoms with Crippen molar-refractivity contribution in [2.45, 2.75) is 33.1 Å². The number of hydrogen-bond donors (Lipinski definition) is 1. The zero-order valence-electron chi connectivity index (χ0n) is 10.5. The minimum atomic E-state index is -0.348. The van der Waals surface area contributed by atoms with E-state index in [4.69, 9.17) is 0 Å². The molecule has 0 aliphatic heterocycles. The first-order valence-electron chi connectivity index (χ1n) is 5.62. The molecule has 0 amide bonds. The first-order valence-corrected chi connectivity index (χ1v) is 5.62. The number of nitrogens with one attached hydrogen (secondary N) is 1. The van der Waals surface area contributed by atoms with Crippen LogP contribution in [0.25, 0.3) is 10.9 Å². The Hall–Kier alpha value is -1.64. The molecule has 90 valence electrons. The maximum absolute atomic E-state index is 13.8. The Morgan fingerprint density at radius 3 is 2.47 bits per heavy atom. The highest BCUT2D eigenvalue weighted by molar-refractivity contribution is 6.00. The molecule has 0 unspecified atom stereocenters. The molecular formula is C14H16FNO. The molecule has 0 saturated heterocycles. The van der Waals surface area contributed by atoms with Crippen LogP contribution in [0, 0.1) is 12.7 Å². The van der Waals surface area contributed by atoms with Gasteiger partial charge in [-0.15, -0.1) is 0 Å². The number of aromatic amines is 1. The van der Waals surface area contributed by atoms with E-state index in [1.807, 2.05) is 27.7 Å². The Kier molecular flexibility index (Phi) is 2.57. The van der Waals surface area contributed by atoms with Crippen molar-refractivity contribution in [2.75, 3.05) is 0 Å². The second kappa shape index (κ2) is 3.69. The molecule has 2 rings (SSSR count). The van der Waals surface area contributed by atoms with Crippen molar-refractivity contribution in [3.05, 3.63) is 34.8 Å². The van der Waals surface area contributed by atoms with Gasteiger partial charge in [0.2, 0.25) is 0 Å². The number of H-pyrrole nitrogens is 1. The number of aromatic nitrogens is 1. The summed E-state index contributed by atoms with van der Waals surface area (Å²) in [5, 5.41) is 0.407. The van der Waals surface area contributed by atoms with E-state index in [-0.39, 0.29) is 11.2 Å². The minimum Gasteiger partial charge on any atom is -0.357 e. The van der Waals surface area contributed by atoms with E-state index in [1.54, 1.807) is 6.07 Å². The van der Waals surface area contributed by atoms with Crippen molar-refractivity contribution in [3.63, 3.8) is 0 Å². The Balaban J connectivity index is 2.94. The molecule has 0 bridgehead atoms. The normalized spacial score (nSPS) is 12.1. The quantitative estimate of drug-likeness (QED) is 0.748. The lowest BCUT2D eigenvalue weighted by atomic mass is 9.89. The third-order valence-electron chi connectivity index (χ3n) is 3.02. The molecule has 1 heterocycles. The van der Waals surface area contributed by atoms with Crippen LogP contribution in [0.5, 0.6) is 0 Å². The van der Waals surface area contributed by atoms with Gasteiger partial charge in [0.15, 0.2) is 6.29 Å². The number of aldehydes is 1. The third kappa shape index (κ3) is 1.75. The van der Waals surface area contributed by atoms with Crippen molar-refractivity contribution in [1.29, 1.82) is 0 Å². The monoisotopic (exact) mass is 233 g/mol. The van der Waals surface area contributed by atoms with Crippen LogP contribution >= 0.6 is 0 Å². The molecule has 0 spiro atoms. The highest BCUT2D eigenvalue weighted by Gasteiger charge is 2.24. The molecule has 2 aromatic rings. The molecule has 3 heteroatoms. The summed E-state index contributed by atoms with van der Waals surface area (Å²) in [7, 11) is 0. The number of benzene rings is 1.